The number of ether oxygens (including phenoxy) is 2. The molecule has 1 amide bonds. The largest absolute Gasteiger partial charge is 0.497 e. The lowest BCUT2D eigenvalue weighted by Crippen LogP contribution is -2.29. The summed E-state index contributed by atoms with van der Waals surface area (Å²) >= 11 is 18.1. The molecule has 3 aromatic carbocycles. The van der Waals surface area contributed by atoms with Crippen molar-refractivity contribution < 1.29 is 19.1 Å². The number of nitrogens with zero attached hydrogens (tertiary/aromatic N) is 1. The first-order valence-electron chi connectivity index (χ1n) is 11.1. The fourth-order valence-electron chi connectivity index (χ4n) is 3.97. The summed E-state index contributed by atoms with van der Waals surface area (Å²) in [5.74, 6) is 0.662. The van der Waals surface area contributed by atoms with Gasteiger partial charge >= 0.3 is 0 Å². The number of rotatable bonds is 8. The van der Waals surface area contributed by atoms with Gasteiger partial charge in [0.05, 0.1) is 30.6 Å². The molecule has 4 aromatic rings. The summed E-state index contributed by atoms with van der Waals surface area (Å²) < 4.78 is 12.6. The Morgan fingerprint density at radius 1 is 1.00 bits per heavy atom. The first-order valence-corrected chi connectivity index (χ1v) is 12.2. The van der Waals surface area contributed by atoms with Gasteiger partial charge in [0, 0.05) is 21.7 Å². The van der Waals surface area contributed by atoms with Crippen LogP contribution in [0.25, 0.3) is 10.9 Å². The molecule has 0 aliphatic rings. The van der Waals surface area contributed by atoms with Crippen LogP contribution in [0.2, 0.25) is 15.1 Å². The van der Waals surface area contributed by atoms with Gasteiger partial charge in [-0.1, -0.05) is 40.9 Å². The second-order valence-electron chi connectivity index (χ2n) is 8.02. The molecule has 0 radical (unpaired) electrons. The maximum atomic E-state index is 13.4. The highest BCUT2D eigenvalue weighted by Gasteiger charge is 2.22. The van der Waals surface area contributed by atoms with Crippen molar-refractivity contribution in [2.45, 2.75) is 13.3 Å². The van der Waals surface area contributed by atoms with Gasteiger partial charge in [0.1, 0.15) is 23.1 Å². The lowest BCUT2D eigenvalue weighted by atomic mass is 10.1. The summed E-state index contributed by atoms with van der Waals surface area (Å²) in [5.41, 5.74) is 2.59. The van der Waals surface area contributed by atoms with E-state index < -0.39 is 0 Å². The Morgan fingerprint density at radius 3 is 2.47 bits per heavy atom. The fourth-order valence-corrected chi connectivity index (χ4v) is 4.44. The monoisotopic (exact) mass is 544 g/mol. The number of nitrogens with one attached hydrogen (secondary N) is 1. The molecule has 6 nitrogen and oxygen atoms in total. The Morgan fingerprint density at radius 2 is 1.75 bits per heavy atom. The molecular formula is C27H23Cl3N2O4. The molecule has 0 spiro atoms. The molecule has 0 saturated carbocycles. The van der Waals surface area contributed by atoms with Gasteiger partial charge in [-0.05, 0) is 67.1 Å². The van der Waals surface area contributed by atoms with E-state index in [0.717, 1.165) is 10.9 Å². The van der Waals surface area contributed by atoms with Crippen molar-refractivity contribution >= 4 is 57.5 Å². The average molecular weight is 546 g/mol. The molecule has 0 bridgehead atoms. The van der Waals surface area contributed by atoms with Gasteiger partial charge in [-0.2, -0.15) is 0 Å². The van der Waals surface area contributed by atoms with E-state index in [4.69, 9.17) is 44.3 Å². The topological polar surface area (TPSA) is 69.6 Å². The van der Waals surface area contributed by atoms with Crippen molar-refractivity contribution in [1.82, 2.24) is 9.88 Å². The van der Waals surface area contributed by atoms with Crippen molar-refractivity contribution in [2.75, 3.05) is 20.3 Å². The first kappa shape index (κ1) is 25.9. The molecule has 36 heavy (non-hydrogen) atoms. The van der Waals surface area contributed by atoms with E-state index in [-0.39, 0.29) is 31.4 Å². The third-order valence-electron chi connectivity index (χ3n) is 5.77. The van der Waals surface area contributed by atoms with Gasteiger partial charge < -0.3 is 14.8 Å². The van der Waals surface area contributed by atoms with Crippen LogP contribution in [0.4, 0.5) is 0 Å². The van der Waals surface area contributed by atoms with Gasteiger partial charge in [0.15, 0.2) is 0 Å². The average Bonchev–Trinajstić information content (AvgIpc) is 3.14. The Labute approximate surface area is 223 Å². The van der Waals surface area contributed by atoms with Crippen LogP contribution in [0.3, 0.4) is 0 Å². The van der Waals surface area contributed by atoms with Crippen molar-refractivity contribution in [3.05, 3.63) is 92.6 Å². The zero-order valence-electron chi connectivity index (χ0n) is 19.6. The summed E-state index contributed by atoms with van der Waals surface area (Å²) in [7, 11) is 1.57. The van der Waals surface area contributed by atoms with Crippen LogP contribution < -0.4 is 14.8 Å². The van der Waals surface area contributed by atoms with Gasteiger partial charge in [0.2, 0.25) is 5.91 Å². The highest BCUT2D eigenvalue weighted by atomic mass is 35.5. The lowest BCUT2D eigenvalue weighted by Gasteiger charge is -2.10. The van der Waals surface area contributed by atoms with Crippen LogP contribution in [0.1, 0.15) is 21.6 Å². The van der Waals surface area contributed by atoms with Crippen LogP contribution in [0.15, 0.2) is 60.7 Å². The van der Waals surface area contributed by atoms with Crippen molar-refractivity contribution in [2.24, 2.45) is 0 Å². The molecule has 0 fully saturated rings. The number of carbonyl (C=O) groups excluding carboxylic acids is 2. The number of aromatic nitrogens is 1. The molecule has 0 saturated heterocycles. The van der Waals surface area contributed by atoms with Crippen molar-refractivity contribution in [3.63, 3.8) is 0 Å². The summed E-state index contributed by atoms with van der Waals surface area (Å²) in [6.45, 7) is 2.31. The summed E-state index contributed by atoms with van der Waals surface area (Å²) in [6, 6.07) is 17.3. The summed E-state index contributed by atoms with van der Waals surface area (Å²) in [6.07, 6.45) is 0.0777. The number of carbonyl (C=O) groups is 2. The SMILES string of the molecule is COc1ccc2c(c1)c(CC(=O)NCCOc1cccc(Cl)c1Cl)c(C)n2C(=O)c1ccc(Cl)cc1. The predicted octanol–water partition coefficient (Wildman–Crippen LogP) is 6.34. The van der Waals surface area contributed by atoms with Gasteiger partial charge in [0.25, 0.3) is 5.91 Å². The fraction of sp³-hybridized carbons (Fsp3) is 0.185. The number of benzene rings is 3. The zero-order chi connectivity index (χ0) is 25.8. The standard InChI is InChI=1S/C27H23Cl3N2O4/c1-16-20(15-25(33)31-12-13-36-24-5-3-4-22(29)26(24)30)21-14-19(35-2)10-11-23(21)32(16)27(34)17-6-8-18(28)9-7-17/h3-11,14H,12-13,15H2,1-2H3,(H,31,33). The Hall–Kier alpha value is -3.19. The third-order valence-corrected chi connectivity index (χ3v) is 6.82. The minimum absolute atomic E-state index is 0.0777. The highest BCUT2D eigenvalue weighted by molar-refractivity contribution is 6.42. The second-order valence-corrected chi connectivity index (χ2v) is 9.24. The quantitative estimate of drug-likeness (QED) is 0.262. The van der Waals surface area contributed by atoms with Crippen molar-refractivity contribution in [3.8, 4) is 11.5 Å². The van der Waals surface area contributed by atoms with E-state index in [2.05, 4.69) is 5.32 Å². The van der Waals surface area contributed by atoms with Gasteiger partial charge in [-0.3, -0.25) is 14.2 Å². The molecule has 1 aromatic heterocycles. The van der Waals surface area contributed by atoms with Gasteiger partial charge in [-0.15, -0.1) is 0 Å². The zero-order valence-corrected chi connectivity index (χ0v) is 21.9. The molecule has 1 N–H and O–H groups in total. The number of fused-ring (bicyclic) bond motifs is 1. The van der Waals surface area contributed by atoms with Crippen molar-refractivity contribution in [1.29, 1.82) is 0 Å². The van der Waals surface area contributed by atoms with Crippen LogP contribution >= 0.6 is 34.8 Å². The number of methoxy groups -OCH3 is 1. The first-order chi connectivity index (χ1) is 17.3. The second kappa shape index (κ2) is 11.2. The molecule has 1 heterocycles. The lowest BCUT2D eigenvalue weighted by molar-refractivity contribution is -0.120. The molecule has 186 valence electrons. The predicted molar refractivity (Wildman–Crippen MR) is 143 cm³/mol. The molecular weight excluding hydrogens is 523 g/mol. The minimum Gasteiger partial charge on any atom is -0.497 e. The van der Waals surface area contributed by atoms with E-state index in [9.17, 15) is 9.59 Å². The molecule has 0 aliphatic carbocycles. The van der Waals surface area contributed by atoms with Crippen LogP contribution in [0, 0.1) is 6.92 Å². The number of hydrogen-bond donors (Lipinski definition) is 1. The normalized spacial score (nSPS) is 10.9. The number of amides is 1. The summed E-state index contributed by atoms with van der Waals surface area (Å²) in [5, 5.41) is 4.89. The molecule has 4 rings (SSSR count). The number of hydrogen-bond acceptors (Lipinski definition) is 4. The maximum absolute atomic E-state index is 13.4. The Kier molecular flexibility index (Phi) is 8.09. The molecule has 9 heteroatoms. The van der Waals surface area contributed by atoms with E-state index in [1.807, 2.05) is 19.1 Å². The Balaban J connectivity index is 1.54. The molecule has 0 atom stereocenters. The molecule has 0 unspecified atom stereocenters. The highest BCUT2D eigenvalue weighted by Crippen LogP contribution is 2.32. The van der Waals surface area contributed by atoms with E-state index in [1.54, 1.807) is 60.2 Å². The Bertz CT molecular complexity index is 1430. The summed E-state index contributed by atoms with van der Waals surface area (Å²) in [4.78, 5) is 26.2. The van der Waals surface area contributed by atoms with E-state index in [0.29, 0.717) is 43.3 Å². The number of halogens is 3. The van der Waals surface area contributed by atoms with Crippen LogP contribution in [-0.2, 0) is 11.2 Å². The molecule has 0 aliphatic heterocycles. The van der Waals surface area contributed by atoms with Crippen LogP contribution in [0.5, 0.6) is 11.5 Å². The smallest absolute Gasteiger partial charge is 0.262 e. The van der Waals surface area contributed by atoms with E-state index in [1.165, 1.54) is 0 Å². The maximum Gasteiger partial charge on any atom is 0.262 e. The minimum atomic E-state index is -0.210. The van der Waals surface area contributed by atoms with E-state index >= 15 is 0 Å². The van der Waals surface area contributed by atoms with Gasteiger partial charge in [-0.25, -0.2) is 0 Å². The van der Waals surface area contributed by atoms with Crippen LogP contribution in [-0.4, -0.2) is 36.6 Å². The third kappa shape index (κ3) is 5.46.